The van der Waals surface area contributed by atoms with Crippen LogP contribution in [0.15, 0.2) is 18.2 Å². The fourth-order valence-corrected chi connectivity index (χ4v) is 3.12. The van der Waals surface area contributed by atoms with Crippen LogP contribution in [0.4, 0.5) is 5.69 Å². The summed E-state index contributed by atoms with van der Waals surface area (Å²) in [4.78, 5) is 24.3. The largest absolute Gasteiger partial charge is 0.502 e. The van der Waals surface area contributed by atoms with E-state index in [-0.39, 0.29) is 17.2 Å². The fourth-order valence-electron chi connectivity index (χ4n) is 3.12. The average Bonchev–Trinajstić information content (AvgIpc) is 2.77. The van der Waals surface area contributed by atoms with Gasteiger partial charge >= 0.3 is 5.69 Å². The molecule has 3 rings (SSSR count). The number of amides is 1. The normalized spacial score (nSPS) is 24.7. The number of hydrogen-bond donors (Lipinski definition) is 2. The van der Waals surface area contributed by atoms with Crippen molar-refractivity contribution in [2.24, 2.45) is 0 Å². The van der Waals surface area contributed by atoms with E-state index in [2.05, 4.69) is 5.32 Å². The SMILES string of the molecule is O=C(c1ccc([N+](=O)[O-])c(O)c1)N1CCC2CCC(C1)N2. The van der Waals surface area contributed by atoms with Crippen molar-refractivity contribution in [1.82, 2.24) is 10.2 Å². The molecule has 2 saturated heterocycles. The molecule has 112 valence electrons. The van der Waals surface area contributed by atoms with E-state index in [1.807, 2.05) is 0 Å². The first-order chi connectivity index (χ1) is 10.0. The molecule has 0 radical (unpaired) electrons. The number of phenols is 1. The molecular formula is C14H17N3O4. The van der Waals surface area contributed by atoms with Crippen molar-refractivity contribution < 1.29 is 14.8 Å². The molecule has 0 aliphatic carbocycles. The smallest absolute Gasteiger partial charge is 0.310 e. The predicted molar refractivity (Wildman–Crippen MR) is 75.2 cm³/mol. The van der Waals surface area contributed by atoms with Crippen LogP contribution in [0, 0.1) is 10.1 Å². The van der Waals surface area contributed by atoms with E-state index in [1.54, 1.807) is 4.90 Å². The molecule has 2 aliphatic heterocycles. The van der Waals surface area contributed by atoms with Crippen LogP contribution in [0.3, 0.4) is 0 Å². The number of carbonyl (C=O) groups is 1. The van der Waals surface area contributed by atoms with Crippen LogP contribution in [0.25, 0.3) is 0 Å². The van der Waals surface area contributed by atoms with Crippen LogP contribution in [0.1, 0.15) is 29.6 Å². The number of hydrogen-bond acceptors (Lipinski definition) is 5. The summed E-state index contributed by atoms with van der Waals surface area (Å²) in [7, 11) is 0. The summed E-state index contributed by atoms with van der Waals surface area (Å²) in [5.74, 6) is -0.658. The third-order valence-electron chi connectivity index (χ3n) is 4.23. The molecule has 0 saturated carbocycles. The van der Waals surface area contributed by atoms with Gasteiger partial charge in [0.15, 0.2) is 5.75 Å². The summed E-state index contributed by atoms with van der Waals surface area (Å²) in [6.45, 7) is 1.32. The van der Waals surface area contributed by atoms with Gasteiger partial charge < -0.3 is 15.3 Å². The lowest BCUT2D eigenvalue weighted by atomic mass is 10.1. The number of fused-ring (bicyclic) bond motifs is 2. The number of nitrogens with zero attached hydrogens (tertiary/aromatic N) is 2. The highest BCUT2D eigenvalue weighted by Crippen LogP contribution is 2.28. The third-order valence-corrected chi connectivity index (χ3v) is 4.23. The van der Waals surface area contributed by atoms with E-state index >= 15 is 0 Å². The summed E-state index contributed by atoms with van der Waals surface area (Å²) in [6, 6.07) is 4.56. The van der Waals surface area contributed by atoms with Gasteiger partial charge in [0.05, 0.1) is 4.92 Å². The molecule has 2 unspecified atom stereocenters. The Morgan fingerprint density at radius 3 is 2.81 bits per heavy atom. The van der Waals surface area contributed by atoms with Gasteiger partial charge in [0.1, 0.15) is 0 Å². The number of likely N-dealkylation sites (tertiary alicyclic amines) is 1. The highest BCUT2D eigenvalue weighted by atomic mass is 16.6. The zero-order valence-electron chi connectivity index (χ0n) is 11.5. The molecule has 7 heteroatoms. The lowest BCUT2D eigenvalue weighted by Crippen LogP contribution is -2.39. The molecule has 2 aliphatic rings. The molecule has 7 nitrogen and oxygen atoms in total. The lowest BCUT2D eigenvalue weighted by Gasteiger charge is -2.24. The molecule has 1 aromatic carbocycles. The quantitative estimate of drug-likeness (QED) is 0.632. The van der Waals surface area contributed by atoms with E-state index in [4.69, 9.17) is 0 Å². The lowest BCUT2D eigenvalue weighted by molar-refractivity contribution is -0.385. The Morgan fingerprint density at radius 2 is 2.10 bits per heavy atom. The highest BCUT2D eigenvalue weighted by molar-refractivity contribution is 5.95. The van der Waals surface area contributed by atoms with Gasteiger partial charge in [-0.1, -0.05) is 0 Å². The predicted octanol–water partition coefficient (Wildman–Crippen LogP) is 1.27. The van der Waals surface area contributed by atoms with Crippen LogP contribution in [-0.4, -0.2) is 46.0 Å². The molecule has 2 fully saturated rings. The molecule has 2 N–H and O–H groups in total. The maximum absolute atomic E-state index is 12.5. The average molecular weight is 291 g/mol. The van der Waals surface area contributed by atoms with Crippen molar-refractivity contribution in [1.29, 1.82) is 0 Å². The van der Waals surface area contributed by atoms with Crippen molar-refractivity contribution in [3.8, 4) is 5.75 Å². The van der Waals surface area contributed by atoms with Gasteiger partial charge in [-0.05, 0) is 31.4 Å². The van der Waals surface area contributed by atoms with E-state index in [1.165, 1.54) is 18.2 Å². The molecule has 0 spiro atoms. The number of benzene rings is 1. The van der Waals surface area contributed by atoms with Crippen LogP contribution < -0.4 is 5.32 Å². The van der Waals surface area contributed by atoms with Gasteiger partial charge in [-0.15, -0.1) is 0 Å². The van der Waals surface area contributed by atoms with Crippen LogP contribution in [-0.2, 0) is 0 Å². The molecule has 1 aromatic rings. The molecular weight excluding hydrogens is 274 g/mol. The summed E-state index contributed by atoms with van der Waals surface area (Å²) >= 11 is 0. The van der Waals surface area contributed by atoms with Gasteiger partial charge in [-0.2, -0.15) is 0 Å². The Labute approximate surface area is 121 Å². The number of aromatic hydroxyl groups is 1. The Kier molecular flexibility index (Phi) is 3.50. The van der Waals surface area contributed by atoms with Gasteiger partial charge in [0.2, 0.25) is 0 Å². The number of rotatable bonds is 2. The topological polar surface area (TPSA) is 95.7 Å². The van der Waals surface area contributed by atoms with Gasteiger partial charge in [0, 0.05) is 36.8 Å². The first-order valence-corrected chi connectivity index (χ1v) is 7.07. The third kappa shape index (κ3) is 2.69. The minimum atomic E-state index is -0.668. The van der Waals surface area contributed by atoms with Gasteiger partial charge in [-0.25, -0.2) is 0 Å². The van der Waals surface area contributed by atoms with E-state index in [9.17, 15) is 20.0 Å². The number of phenolic OH excluding ortho intramolecular Hbond substituents is 1. The maximum Gasteiger partial charge on any atom is 0.310 e. The number of carbonyl (C=O) groups excluding carboxylic acids is 1. The van der Waals surface area contributed by atoms with Crippen molar-refractivity contribution in [3.63, 3.8) is 0 Å². The second kappa shape index (κ2) is 5.33. The maximum atomic E-state index is 12.5. The highest BCUT2D eigenvalue weighted by Gasteiger charge is 2.31. The van der Waals surface area contributed by atoms with E-state index < -0.39 is 10.7 Å². The van der Waals surface area contributed by atoms with E-state index in [0.717, 1.165) is 19.3 Å². The van der Waals surface area contributed by atoms with Crippen molar-refractivity contribution in [2.75, 3.05) is 13.1 Å². The molecule has 2 heterocycles. The molecule has 2 atom stereocenters. The van der Waals surface area contributed by atoms with Crippen LogP contribution in [0.2, 0.25) is 0 Å². The molecule has 0 aromatic heterocycles. The van der Waals surface area contributed by atoms with Crippen molar-refractivity contribution >= 4 is 11.6 Å². The van der Waals surface area contributed by atoms with Crippen LogP contribution >= 0.6 is 0 Å². The minimum absolute atomic E-state index is 0.186. The fraction of sp³-hybridized carbons (Fsp3) is 0.500. The first-order valence-electron chi connectivity index (χ1n) is 7.07. The number of nitro benzene ring substituents is 1. The van der Waals surface area contributed by atoms with E-state index in [0.29, 0.717) is 25.2 Å². The summed E-state index contributed by atoms with van der Waals surface area (Å²) in [5, 5.41) is 23.8. The van der Waals surface area contributed by atoms with Gasteiger partial charge in [-0.3, -0.25) is 14.9 Å². The summed E-state index contributed by atoms with van der Waals surface area (Å²) in [5.41, 5.74) is -0.0981. The second-order valence-corrected chi connectivity index (χ2v) is 5.64. The standard InChI is InChI=1S/C14H17N3O4/c18-13-7-9(1-4-12(13)17(20)21)14(19)16-6-5-10-2-3-11(8-16)15-10/h1,4,7,10-11,15,18H,2-3,5-6,8H2. The van der Waals surface area contributed by atoms with Gasteiger partial charge in [0.25, 0.3) is 5.91 Å². The summed E-state index contributed by atoms with van der Waals surface area (Å²) in [6.07, 6.45) is 3.15. The van der Waals surface area contributed by atoms with Crippen molar-refractivity contribution in [2.45, 2.75) is 31.3 Å². The van der Waals surface area contributed by atoms with Crippen molar-refractivity contribution in [3.05, 3.63) is 33.9 Å². The Balaban J connectivity index is 1.78. The first kappa shape index (κ1) is 13.8. The minimum Gasteiger partial charge on any atom is -0.502 e. The monoisotopic (exact) mass is 291 g/mol. The number of nitrogens with one attached hydrogen (secondary N) is 1. The molecule has 2 bridgehead atoms. The zero-order valence-corrected chi connectivity index (χ0v) is 11.5. The zero-order chi connectivity index (χ0) is 15.0. The summed E-state index contributed by atoms with van der Waals surface area (Å²) < 4.78 is 0. The van der Waals surface area contributed by atoms with Crippen LogP contribution in [0.5, 0.6) is 5.75 Å². The molecule has 1 amide bonds. The Morgan fingerprint density at radius 1 is 1.33 bits per heavy atom. The number of nitro groups is 1. The second-order valence-electron chi connectivity index (χ2n) is 5.64. The Hall–Kier alpha value is -2.15. The Bertz CT molecular complexity index is 590. The molecule has 21 heavy (non-hydrogen) atoms.